The lowest BCUT2D eigenvalue weighted by Crippen LogP contribution is -2.03. The predicted octanol–water partition coefficient (Wildman–Crippen LogP) is 1.90. The fraction of sp³-hybridized carbons (Fsp3) is 1.00. The van der Waals surface area contributed by atoms with Gasteiger partial charge in [-0.3, -0.25) is 4.57 Å². The molecule has 12 heavy (non-hydrogen) atoms. The smallest absolute Gasteiger partial charge is 0.330 e. The van der Waals surface area contributed by atoms with Crippen molar-refractivity contribution >= 4 is 7.60 Å². The number of hydrogen-bond acceptors (Lipinski definition) is 4. The summed E-state index contributed by atoms with van der Waals surface area (Å²) >= 11 is 0. The van der Waals surface area contributed by atoms with E-state index in [1.807, 2.05) is 0 Å². The molecule has 1 unspecified atom stereocenters. The van der Waals surface area contributed by atoms with Crippen LogP contribution in [-0.2, 0) is 18.3 Å². The number of ether oxygens (including phenoxy) is 1. The van der Waals surface area contributed by atoms with Crippen molar-refractivity contribution in [1.29, 1.82) is 0 Å². The topological polar surface area (TPSA) is 44.8 Å². The first kappa shape index (κ1) is 12.1. The SMILES string of the molecule is CCOP(=O)(CC)OCCOC. The molecule has 0 aliphatic heterocycles. The molecule has 1 atom stereocenters. The lowest BCUT2D eigenvalue weighted by molar-refractivity contribution is 0.129. The summed E-state index contributed by atoms with van der Waals surface area (Å²) < 4.78 is 26.4. The van der Waals surface area contributed by atoms with Crippen LogP contribution in [0.5, 0.6) is 0 Å². The summed E-state index contributed by atoms with van der Waals surface area (Å²) in [5.41, 5.74) is 0. The van der Waals surface area contributed by atoms with Gasteiger partial charge in [-0.1, -0.05) is 6.92 Å². The largest absolute Gasteiger partial charge is 0.382 e. The summed E-state index contributed by atoms with van der Waals surface area (Å²) in [6, 6.07) is 0. The van der Waals surface area contributed by atoms with Gasteiger partial charge < -0.3 is 13.8 Å². The van der Waals surface area contributed by atoms with Crippen molar-refractivity contribution in [2.24, 2.45) is 0 Å². The van der Waals surface area contributed by atoms with Gasteiger partial charge in [-0.15, -0.1) is 0 Å². The van der Waals surface area contributed by atoms with Crippen molar-refractivity contribution in [1.82, 2.24) is 0 Å². The Bertz CT molecular complexity index is 148. The van der Waals surface area contributed by atoms with Crippen LogP contribution < -0.4 is 0 Å². The van der Waals surface area contributed by atoms with Crippen molar-refractivity contribution in [3.05, 3.63) is 0 Å². The predicted molar refractivity (Wildman–Crippen MR) is 47.6 cm³/mol. The van der Waals surface area contributed by atoms with E-state index in [1.165, 1.54) is 0 Å². The standard InChI is InChI=1S/C7H17O4P/c1-4-10-12(8,5-2)11-7-6-9-3/h4-7H2,1-3H3. The van der Waals surface area contributed by atoms with Gasteiger partial charge in [0.15, 0.2) is 0 Å². The van der Waals surface area contributed by atoms with Gasteiger partial charge in [0.1, 0.15) is 0 Å². The fourth-order valence-electron chi connectivity index (χ4n) is 0.676. The van der Waals surface area contributed by atoms with E-state index in [0.29, 0.717) is 26.0 Å². The highest BCUT2D eigenvalue weighted by Gasteiger charge is 2.20. The van der Waals surface area contributed by atoms with Crippen molar-refractivity contribution in [2.45, 2.75) is 13.8 Å². The number of rotatable bonds is 7. The average Bonchev–Trinajstić information content (AvgIpc) is 2.06. The van der Waals surface area contributed by atoms with Gasteiger partial charge >= 0.3 is 7.60 Å². The molecule has 0 aliphatic carbocycles. The summed E-state index contributed by atoms with van der Waals surface area (Å²) in [4.78, 5) is 0. The van der Waals surface area contributed by atoms with Crippen LogP contribution in [0.25, 0.3) is 0 Å². The maximum Gasteiger partial charge on any atom is 0.330 e. The highest BCUT2D eigenvalue weighted by Crippen LogP contribution is 2.47. The van der Waals surface area contributed by atoms with Crippen LogP contribution in [0.3, 0.4) is 0 Å². The van der Waals surface area contributed by atoms with Gasteiger partial charge in [-0.05, 0) is 6.92 Å². The molecular weight excluding hydrogens is 179 g/mol. The maximum atomic E-state index is 11.6. The molecule has 0 N–H and O–H groups in total. The number of methoxy groups -OCH3 is 1. The number of hydrogen-bond donors (Lipinski definition) is 0. The van der Waals surface area contributed by atoms with Gasteiger partial charge in [0.2, 0.25) is 0 Å². The van der Waals surface area contributed by atoms with Crippen LogP contribution in [-0.4, -0.2) is 33.1 Å². The molecule has 74 valence electrons. The molecule has 0 amide bonds. The van der Waals surface area contributed by atoms with Crippen LogP contribution in [0.1, 0.15) is 13.8 Å². The Morgan fingerprint density at radius 3 is 2.25 bits per heavy atom. The van der Waals surface area contributed by atoms with E-state index < -0.39 is 7.60 Å². The third kappa shape index (κ3) is 4.88. The van der Waals surface area contributed by atoms with E-state index in [4.69, 9.17) is 13.8 Å². The monoisotopic (exact) mass is 196 g/mol. The fourth-order valence-corrected chi connectivity index (χ4v) is 1.86. The van der Waals surface area contributed by atoms with Crippen LogP contribution in [0.15, 0.2) is 0 Å². The van der Waals surface area contributed by atoms with E-state index in [-0.39, 0.29) is 0 Å². The van der Waals surface area contributed by atoms with Gasteiger partial charge in [-0.2, -0.15) is 0 Å². The zero-order chi connectivity index (χ0) is 9.45. The molecule has 0 fully saturated rings. The Balaban J connectivity index is 3.72. The molecule has 0 saturated heterocycles. The molecule has 0 heterocycles. The van der Waals surface area contributed by atoms with Crippen LogP contribution in [0.4, 0.5) is 0 Å². The van der Waals surface area contributed by atoms with Crippen LogP contribution in [0, 0.1) is 0 Å². The zero-order valence-electron chi connectivity index (χ0n) is 7.91. The first-order chi connectivity index (χ1) is 5.68. The van der Waals surface area contributed by atoms with Crippen molar-refractivity contribution in [3.8, 4) is 0 Å². The van der Waals surface area contributed by atoms with Crippen LogP contribution in [0.2, 0.25) is 0 Å². The Kier molecular flexibility index (Phi) is 6.67. The van der Waals surface area contributed by atoms with Crippen molar-refractivity contribution in [2.75, 3.05) is 33.1 Å². The zero-order valence-corrected chi connectivity index (χ0v) is 8.80. The Morgan fingerprint density at radius 2 is 1.83 bits per heavy atom. The van der Waals surface area contributed by atoms with E-state index >= 15 is 0 Å². The maximum absolute atomic E-state index is 11.6. The Labute approximate surface area is 73.7 Å². The average molecular weight is 196 g/mol. The van der Waals surface area contributed by atoms with Crippen molar-refractivity contribution in [3.63, 3.8) is 0 Å². The van der Waals surface area contributed by atoms with Gasteiger partial charge in [0, 0.05) is 13.3 Å². The summed E-state index contributed by atoms with van der Waals surface area (Å²) in [7, 11) is -1.24. The van der Waals surface area contributed by atoms with E-state index in [2.05, 4.69) is 0 Å². The Hall–Kier alpha value is 0.110. The molecule has 5 heteroatoms. The molecule has 0 aromatic heterocycles. The third-order valence-electron chi connectivity index (χ3n) is 1.29. The van der Waals surface area contributed by atoms with E-state index in [0.717, 1.165) is 0 Å². The highest BCUT2D eigenvalue weighted by atomic mass is 31.2. The molecule has 0 aromatic rings. The Morgan fingerprint density at radius 1 is 1.17 bits per heavy atom. The molecule has 0 saturated carbocycles. The molecule has 0 bridgehead atoms. The summed E-state index contributed by atoms with van der Waals surface area (Å²) in [6.45, 7) is 4.75. The quantitative estimate of drug-likeness (QED) is 0.460. The molecule has 0 aromatic carbocycles. The second kappa shape index (κ2) is 6.61. The van der Waals surface area contributed by atoms with E-state index in [1.54, 1.807) is 21.0 Å². The third-order valence-corrected chi connectivity index (χ3v) is 3.29. The second-order valence-electron chi connectivity index (χ2n) is 2.17. The minimum absolute atomic E-state index is 0.321. The minimum atomic E-state index is -2.81. The lowest BCUT2D eigenvalue weighted by Gasteiger charge is -2.15. The highest BCUT2D eigenvalue weighted by molar-refractivity contribution is 7.53. The minimum Gasteiger partial charge on any atom is -0.382 e. The first-order valence-corrected chi connectivity index (χ1v) is 5.78. The van der Waals surface area contributed by atoms with E-state index in [9.17, 15) is 4.57 Å². The molecule has 4 nitrogen and oxygen atoms in total. The summed E-state index contributed by atoms with van der Waals surface area (Å²) in [5.74, 6) is 0. The van der Waals surface area contributed by atoms with Gasteiger partial charge in [0.05, 0.1) is 19.8 Å². The molecular formula is C7H17O4P. The summed E-state index contributed by atoms with van der Waals surface area (Å²) in [5, 5.41) is 0. The summed E-state index contributed by atoms with van der Waals surface area (Å²) in [6.07, 6.45) is 0.407. The normalized spacial score (nSPS) is 15.9. The lowest BCUT2D eigenvalue weighted by atomic mass is 10.8. The molecule has 0 rings (SSSR count). The van der Waals surface area contributed by atoms with Gasteiger partial charge in [-0.25, -0.2) is 0 Å². The molecule has 0 radical (unpaired) electrons. The van der Waals surface area contributed by atoms with Crippen LogP contribution >= 0.6 is 7.60 Å². The molecule has 0 aliphatic rings. The van der Waals surface area contributed by atoms with Crippen molar-refractivity contribution < 1.29 is 18.3 Å². The molecule has 0 spiro atoms. The first-order valence-electron chi connectivity index (χ1n) is 4.05. The van der Waals surface area contributed by atoms with Gasteiger partial charge in [0.25, 0.3) is 0 Å². The second-order valence-corrected chi connectivity index (χ2v) is 4.54.